The monoisotopic (exact) mass is 324 g/mol. The van der Waals surface area contributed by atoms with Crippen LogP contribution in [0.4, 0.5) is 0 Å². The van der Waals surface area contributed by atoms with Gasteiger partial charge >= 0.3 is 5.97 Å². The van der Waals surface area contributed by atoms with E-state index in [-0.39, 0.29) is 0 Å². The van der Waals surface area contributed by atoms with Gasteiger partial charge in [0.1, 0.15) is 0 Å². The highest BCUT2D eigenvalue weighted by molar-refractivity contribution is 5.87. The number of carbonyl (C=O) groups is 1. The standard InChI is InChI=1S/C20H24N2O2/c23-20(24)18-8-6-16(7-9-18)14-21-11-3-12-22-13-10-17-4-1-2-5-19(17)15-22/h1-2,4-9,21H,3,10-15H2,(H,23,24). The van der Waals surface area contributed by atoms with Crippen LogP contribution in [-0.2, 0) is 19.5 Å². The summed E-state index contributed by atoms with van der Waals surface area (Å²) in [5.41, 5.74) is 4.42. The molecule has 0 atom stereocenters. The Kier molecular flexibility index (Phi) is 5.62. The van der Waals surface area contributed by atoms with Crippen molar-refractivity contribution in [1.82, 2.24) is 10.2 Å². The SMILES string of the molecule is O=C(O)c1ccc(CNCCCN2CCc3ccccc3C2)cc1. The van der Waals surface area contributed by atoms with E-state index in [0.717, 1.165) is 51.1 Å². The number of fused-ring (bicyclic) bond motifs is 1. The number of nitrogens with zero attached hydrogens (tertiary/aromatic N) is 1. The fourth-order valence-electron chi connectivity index (χ4n) is 3.17. The van der Waals surface area contributed by atoms with Crippen LogP contribution in [0.25, 0.3) is 0 Å². The van der Waals surface area contributed by atoms with Gasteiger partial charge in [0.25, 0.3) is 0 Å². The molecule has 1 aliphatic rings. The second-order valence-electron chi connectivity index (χ2n) is 6.33. The summed E-state index contributed by atoms with van der Waals surface area (Å²) in [5.74, 6) is -0.877. The molecular weight excluding hydrogens is 300 g/mol. The number of aromatic carboxylic acids is 1. The predicted octanol–water partition coefficient (Wildman–Crippen LogP) is 2.92. The highest BCUT2D eigenvalue weighted by atomic mass is 16.4. The lowest BCUT2D eigenvalue weighted by Crippen LogP contribution is -2.32. The lowest BCUT2D eigenvalue weighted by Gasteiger charge is -2.28. The normalized spacial score (nSPS) is 14.3. The van der Waals surface area contributed by atoms with E-state index in [0.29, 0.717) is 5.56 Å². The zero-order valence-electron chi connectivity index (χ0n) is 13.9. The van der Waals surface area contributed by atoms with Gasteiger partial charge in [0.2, 0.25) is 0 Å². The first-order valence-corrected chi connectivity index (χ1v) is 8.54. The third-order valence-corrected chi connectivity index (χ3v) is 4.57. The topological polar surface area (TPSA) is 52.6 Å². The van der Waals surface area contributed by atoms with E-state index in [9.17, 15) is 4.79 Å². The maximum atomic E-state index is 10.8. The molecule has 4 heteroatoms. The van der Waals surface area contributed by atoms with Crippen molar-refractivity contribution in [3.63, 3.8) is 0 Å². The Labute approximate surface area is 143 Å². The van der Waals surface area contributed by atoms with Gasteiger partial charge in [-0.2, -0.15) is 0 Å². The number of hydrogen-bond acceptors (Lipinski definition) is 3. The summed E-state index contributed by atoms with van der Waals surface area (Å²) < 4.78 is 0. The molecule has 0 bridgehead atoms. The van der Waals surface area contributed by atoms with Crippen LogP contribution < -0.4 is 5.32 Å². The minimum atomic E-state index is -0.877. The second-order valence-corrected chi connectivity index (χ2v) is 6.33. The Balaban J connectivity index is 1.35. The maximum absolute atomic E-state index is 10.8. The fourth-order valence-corrected chi connectivity index (χ4v) is 3.17. The highest BCUT2D eigenvalue weighted by Gasteiger charge is 2.14. The van der Waals surface area contributed by atoms with Crippen LogP contribution >= 0.6 is 0 Å². The van der Waals surface area contributed by atoms with Gasteiger partial charge in [-0.15, -0.1) is 0 Å². The third-order valence-electron chi connectivity index (χ3n) is 4.57. The number of benzene rings is 2. The van der Waals surface area contributed by atoms with Crippen molar-refractivity contribution in [3.05, 3.63) is 70.8 Å². The van der Waals surface area contributed by atoms with E-state index < -0.39 is 5.97 Å². The van der Waals surface area contributed by atoms with Crippen LogP contribution in [0.3, 0.4) is 0 Å². The second kappa shape index (κ2) is 8.08. The number of carboxylic acids is 1. The Morgan fingerprint density at radius 2 is 1.83 bits per heavy atom. The van der Waals surface area contributed by atoms with E-state index in [1.165, 1.54) is 11.1 Å². The smallest absolute Gasteiger partial charge is 0.335 e. The zero-order chi connectivity index (χ0) is 16.8. The average Bonchev–Trinajstić information content (AvgIpc) is 2.61. The van der Waals surface area contributed by atoms with Crippen LogP contribution in [0.15, 0.2) is 48.5 Å². The Bertz CT molecular complexity index is 682. The molecule has 0 saturated heterocycles. The van der Waals surface area contributed by atoms with Crippen molar-refractivity contribution in [2.75, 3.05) is 19.6 Å². The summed E-state index contributed by atoms with van der Waals surface area (Å²) in [6.07, 6.45) is 2.27. The predicted molar refractivity (Wildman–Crippen MR) is 95.1 cm³/mol. The van der Waals surface area contributed by atoms with Gasteiger partial charge < -0.3 is 10.4 Å². The van der Waals surface area contributed by atoms with Gasteiger partial charge in [-0.05, 0) is 54.8 Å². The summed E-state index contributed by atoms with van der Waals surface area (Å²) in [6, 6.07) is 15.8. The number of rotatable bonds is 7. The molecule has 0 amide bonds. The molecule has 3 rings (SSSR count). The quantitative estimate of drug-likeness (QED) is 0.769. The molecule has 1 aliphatic heterocycles. The number of carboxylic acid groups (broad SMARTS) is 1. The maximum Gasteiger partial charge on any atom is 0.335 e. The summed E-state index contributed by atoms with van der Waals surface area (Å²) in [6.45, 7) is 5.07. The molecule has 24 heavy (non-hydrogen) atoms. The van der Waals surface area contributed by atoms with Crippen LogP contribution in [0.5, 0.6) is 0 Å². The van der Waals surface area contributed by atoms with Gasteiger partial charge in [0, 0.05) is 19.6 Å². The number of hydrogen-bond donors (Lipinski definition) is 2. The molecule has 2 aromatic carbocycles. The lowest BCUT2D eigenvalue weighted by molar-refractivity contribution is 0.0697. The molecule has 0 unspecified atom stereocenters. The van der Waals surface area contributed by atoms with Crippen molar-refractivity contribution in [2.45, 2.75) is 25.9 Å². The van der Waals surface area contributed by atoms with E-state index in [1.54, 1.807) is 12.1 Å². The third kappa shape index (κ3) is 4.43. The molecule has 0 spiro atoms. The Morgan fingerprint density at radius 3 is 2.58 bits per heavy atom. The lowest BCUT2D eigenvalue weighted by atomic mass is 10.00. The minimum Gasteiger partial charge on any atom is -0.478 e. The summed E-state index contributed by atoms with van der Waals surface area (Å²) >= 11 is 0. The zero-order valence-corrected chi connectivity index (χ0v) is 13.9. The van der Waals surface area contributed by atoms with Crippen molar-refractivity contribution in [2.24, 2.45) is 0 Å². The van der Waals surface area contributed by atoms with Crippen molar-refractivity contribution >= 4 is 5.97 Å². The van der Waals surface area contributed by atoms with E-state index >= 15 is 0 Å². The van der Waals surface area contributed by atoms with Gasteiger partial charge in [0.15, 0.2) is 0 Å². The molecule has 2 N–H and O–H groups in total. The minimum absolute atomic E-state index is 0.337. The molecule has 0 saturated carbocycles. The average molecular weight is 324 g/mol. The van der Waals surface area contributed by atoms with E-state index in [1.807, 2.05) is 12.1 Å². The fraction of sp³-hybridized carbons (Fsp3) is 0.350. The Morgan fingerprint density at radius 1 is 1.08 bits per heavy atom. The molecule has 4 nitrogen and oxygen atoms in total. The van der Waals surface area contributed by atoms with Crippen LogP contribution in [0, 0.1) is 0 Å². The molecule has 0 fully saturated rings. The largest absolute Gasteiger partial charge is 0.478 e. The first kappa shape index (κ1) is 16.7. The van der Waals surface area contributed by atoms with E-state index in [4.69, 9.17) is 5.11 Å². The van der Waals surface area contributed by atoms with Gasteiger partial charge in [-0.25, -0.2) is 4.79 Å². The van der Waals surface area contributed by atoms with E-state index in [2.05, 4.69) is 34.5 Å². The first-order chi connectivity index (χ1) is 11.7. The highest BCUT2D eigenvalue weighted by Crippen LogP contribution is 2.18. The molecular formula is C20H24N2O2. The molecule has 0 aromatic heterocycles. The molecule has 0 radical (unpaired) electrons. The molecule has 2 aromatic rings. The van der Waals surface area contributed by atoms with Crippen molar-refractivity contribution < 1.29 is 9.90 Å². The Hall–Kier alpha value is -2.17. The summed E-state index contributed by atoms with van der Waals surface area (Å²) in [7, 11) is 0. The summed E-state index contributed by atoms with van der Waals surface area (Å²) in [5, 5.41) is 12.3. The van der Waals surface area contributed by atoms with Crippen LogP contribution in [0.1, 0.15) is 33.5 Å². The van der Waals surface area contributed by atoms with Gasteiger partial charge in [-0.1, -0.05) is 36.4 Å². The first-order valence-electron chi connectivity index (χ1n) is 8.54. The molecule has 1 heterocycles. The van der Waals surface area contributed by atoms with Crippen molar-refractivity contribution in [3.8, 4) is 0 Å². The van der Waals surface area contributed by atoms with Gasteiger partial charge in [-0.3, -0.25) is 4.90 Å². The van der Waals surface area contributed by atoms with Crippen LogP contribution in [-0.4, -0.2) is 35.6 Å². The number of nitrogens with one attached hydrogen (secondary N) is 1. The molecule has 126 valence electrons. The van der Waals surface area contributed by atoms with Gasteiger partial charge in [0.05, 0.1) is 5.56 Å². The van der Waals surface area contributed by atoms with Crippen molar-refractivity contribution in [1.29, 1.82) is 0 Å². The molecule has 0 aliphatic carbocycles. The summed E-state index contributed by atoms with van der Waals surface area (Å²) in [4.78, 5) is 13.3. The van der Waals surface area contributed by atoms with Crippen LogP contribution in [0.2, 0.25) is 0 Å².